The smallest absolute Gasteiger partial charge is 0.408 e. The number of rotatable bonds is 10. The number of carboxylic acid groups (broad SMARTS) is 1. The van der Waals surface area contributed by atoms with Gasteiger partial charge in [0, 0.05) is 0 Å². The molecule has 0 aliphatic carbocycles. The average Bonchev–Trinajstić information content (AvgIpc) is 2.83. The third-order valence-corrected chi connectivity index (χ3v) is 5.24. The highest BCUT2D eigenvalue weighted by atomic mass is 16.5. The highest BCUT2D eigenvalue weighted by molar-refractivity contribution is 5.93. The number of alkyl carbamates (subject to hydrolysis) is 1. The van der Waals surface area contributed by atoms with Crippen molar-refractivity contribution in [1.29, 1.82) is 0 Å². The van der Waals surface area contributed by atoms with Crippen molar-refractivity contribution in [2.24, 2.45) is 0 Å². The molecule has 0 saturated heterocycles. The topological polar surface area (TPSA) is 119 Å². The van der Waals surface area contributed by atoms with Gasteiger partial charge >= 0.3 is 18.0 Å². The first-order valence-corrected chi connectivity index (χ1v) is 10.7. The second kappa shape index (κ2) is 11.6. The highest BCUT2D eigenvalue weighted by Gasteiger charge is 2.25. The molecule has 0 unspecified atom stereocenters. The van der Waals surface area contributed by atoms with Crippen molar-refractivity contribution in [3.8, 4) is 0 Å². The zero-order valence-electron chi connectivity index (χ0n) is 18.7. The minimum atomic E-state index is -1.40. The number of amides is 1. The van der Waals surface area contributed by atoms with Crippen LogP contribution in [0, 0.1) is 6.92 Å². The van der Waals surface area contributed by atoms with Crippen molar-refractivity contribution in [2.45, 2.75) is 32.4 Å². The third-order valence-electron chi connectivity index (χ3n) is 5.24. The predicted molar refractivity (Wildman–Crippen MR) is 124 cm³/mol. The van der Waals surface area contributed by atoms with Gasteiger partial charge in [-0.1, -0.05) is 66.7 Å². The van der Waals surface area contributed by atoms with Gasteiger partial charge in [-0.25, -0.2) is 4.79 Å². The molecule has 0 aliphatic rings. The van der Waals surface area contributed by atoms with E-state index in [9.17, 15) is 19.2 Å². The zero-order valence-corrected chi connectivity index (χ0v) is 18.7. The number of ether oxygens (including phenoxy) is 2. The van der Waals surface area contributed by atoms with Gasteiger partial charge in [0.05, 0.1) is 12.8 Å². The number of carbonyl (C=O) groups is 4. The molecule has 0 fully saturated rings. The van der Waals surface area contributed by atoms with Crippen molar-refractivity contribution >= 4 is 34.6 Å². The van der Waals surface area contributed by atoms with E-state index in [0.29, 0.717) is 0 Å². The minimum Gasteiger partial charge on any atom is -0.481 e. The molecule has 0 spiro atoms. The molecule has 8 nitrogen and oxygen atoms in total. The fourth-order valence-electron chi connectivity index (χ4n) is 3.45. The SMILES string of the molecule is Cc1ccc2ccccc2c1CC(=O)OCC(=O)[C@H](CC(=O)O)NC(=O)OCc1ccccc1. The van der Waals surface area contributed by atoms with E-state index in [-0.39, 0.29) is 13.0 Å². The summed E-state index contributed by atoms with van der Waals surface area (Å²) in [7, 11) is 0. The number of carbonyl (C=O) groups excluding carboxylic acids is 3. The standard InChI is InChI=1S/C26H25NO7/c1-17-11-12-19-9-5-6-10-20(19)21(17)13-25(31)33-16-23(28)22(14-24(29)30)27-26(32)34-15-18-7-3-2-4-8-18/h2-12,22H,13-16H2,1H3,(H,27,32)(H,29,30)/t22-/m0/s1. The second-order valence-corrected chi connectivity index (χ2v) is 7.74. The van der Waals surface area contributed by atoms with E-state index in [1.165, 1.54) is 0 Å². The molecule has 0 saturated carbocycles. The van der Waals surface area contributed by atoms with E-state index in [1.807, 2.05) is 49.4 Å². The molecule has 0 bridgehead atoms. The van der Waals surface area contributed by atoms with E-state index < -0.39 is 42.9 Å². The van der Waals surface area contributed by atoms with Crippen LogP contribution in [-0.4, -0.2) is 41.6 Å². The maximum atomic E-state index is 12.5. The van der Waals surface area contributed by atoms with Crippen LogP contribution in [0.15, 0.2) is 66.7 Å². The highest BCUT2D eigenvalue weighted by Crippen LogP contribution is 2.23. The molecule has 0 radical (unpaired) electrons. The van der Waals surface area contributed by atoms with Gasteiger partial charge in [0.15, 0.2) is 12.4 Å². The molecule has 176 valence electrons. The van der Waals surface area contributed by atoms with E-state index in [0.717, 1.165) is 27.5 Å². The largest absolute Gasteiger partial charge is 0.481 e. The summed E-state index contributed by atoms with van der Waals surface area (Å²) in [6, 6.07) is 19.0. The zero-order chi connectivity index (χ0) is 24.5. The van der Waals surface area contributed by atoms with Gasteiger partial charge in [0.25, 0.3) is 0 Å². The Hall–Kier alpha value is -4.20. The minimum absolute atomic E-state index is 0.0416. The number of Topliss-reactive ketones (excluding diaryl/α,β-unsaturated/α-hetero) is 1. The maximum Gasteiger partial charge on any atom is 0.408 e. The summed E-state index contributed by atoms with van der Waals surface area (Å²) in [6.45, 7) is 1.17. The molecule has 1 atom stereocenters. The summed E-state index contributed by atoms with van der Waals surface area (Å²) in [5, 5.41) is 13.2. The molecular formula is C26H25NO7. The van der Waals surface area contributed by atoms with Crippen LogP contribution in [0.5, 0.6) is 0 Å². The average molecular weight is 463 g/mol. The number of nitrogens with one attached hydrogen (secondary N) is 1. The fraction of sp³-hybridized carbons (Fsp3) is 0.231. The van der Waals surface area contributed by atoms with Crippen molar-refractivity contribution in [2.75, 3.05) is 6.61 Å². The Bertz CT molecular complexity index is 1190. The lowest BCUT2D eigenvalue weighted by Gasteiger charge is -2.16. The number of hydrogen-bond donors (Lipinski definition) is 2. The molecule has 3 rings (SSSR count). The normalized spacial score (nSPS) is 11.4. The van der Waals surface area contributed by atoms with Gasteiger partial charge in [-0.15, -0.1) is 0 Å². The molecule has 1 amide bonds. The quantitative estimate of drug-likeness (QED) is 0.441. The fourth-order valence-corrected chi connectivity index (χ4v) is 3.45. The van der Waals surface area contributed by atoms with Gasteiger partial charge in [0.1, 0.15) is 12.6 Å². The molecule has 2 N–H and O–H groups in total. The summed E-state index contributed by atoms with van der Waals surface area (Å²) in [4.78, 5) is 48.2. The number of carboxylic acids is 1. The maximum absolute atomic E-state index is 12.5. The summed E-state index contributed by atoms with van der Waals surface area (Å²) < 4.78 is 10.2. The molecule has 0 aromatic heterocycles. The Morgan fingerprint density at radius 3 is 2.35 bits per heavy atom. The molecule has 0 aliphatic heterocycles. The number of hydrogen-bond acceptors (Lipinski definition) is 6. The van der Waals surface area contributed by atoms with Crippen LogP contribution in [-0.2, 0) is 36.9 Å². The number of aryl methyl sites for hydroxylation is 1. The first kappa shape index (κ1) is 24.4. The van der Waals surface area contributed by atoms with Gasteiger partial charge in [0.2, 0.25) is 0 Å². The van der Waals surface area contributed by atoms with E-state index in [4.69, 9.17) is 14.6 Å². The first-order chi connectivity index (χ1) is 16.3. The van der Waals surface area contributed by atoms with Crippen LogP contribution >= 0.6 is 0 Å². The van der Waals surface area contributed by atoms with E-state index >= 15 is 0 Å². The van der Waals surface area contributed by atoms with Crippen molar-refractivity contribution in [1.82, 2.24) is 5.32 Å². The first-order valence-electron chi connectivity index (χ1n) is 10.7. The number of ketones is 1. The summed E-state index contributed by atoms with van der Waals surface area (Å²) in [5.41, 5.74) is 2.44. The van der Waals surface area contributed by atoms with Crippen LogP contribution in [0.1, 0.15) is 23.1 Å². The Labute approximate surface area is 196 Å². The molecule has 8 heteroatoms. The third kappa shape index (κ3) is 6.90. The lowest BCUT2D eigenvalue weighted by Crippen LogP contribution is -2.44. The van der Waals surface area contributed by atoms with Crippen LogP contribution in [0.2, 0.25) is 0 Å². The van der Waals surface area contributed by atoms with E-state index in [1.54, 1.807) is 24.3 Å². The Morgan fingerprint density at radius 2 is 1.62 bits per heavy atom. The molecular weight excluding hydrogens is 438 g/mol. The number of benzene rings is 3. The van der Waals surface area contributed by atoms with Crippen molar-refractivity contribution in [3.05, 3.63) is 83.4 Å². The monoisotopic (exact) mass is 463 g/mol. The summed E-state index contributed by atoms with van der Waals surface area (Å²) in [5.74, 6) is -2.67. The van der Waals surface area contributed by atoms with Gasteiger partial charge in [-0.05, 0) is 34.4 Å². The van der Waals surface area contributed by atoms with E-state index in [2.05, 4.69) is 5.32 Å². The Kier molecular flexibility index (Phi) is 8.34. The van der Waals surface area contributed by atoms with Gasteiger partial charge in [-0.2, -0.15) is 0 Å². The Balaban J connectivity index is 1.57. The van der Waals surface area contributed by atoms with Crippen LogP contribution < -0.4 is 5.32 Å². The lowest BCUT2D eigenvalue weighted by atomic mass is 9.97. The Morgan fingerprint density at radius 1 is 0.912 bits per heavy atom. The molecule has 3 aromatic carbocycles. The van der Waals surface area contributed by atoms with Gasteiger partial charge in [-0.3, -0.25) is 14.4 Å². The molecule has 34 heavy (non-hydrogen) atoms. The molecule has 0 heterocycles. The van der Waals surface area contributed by atoms with Crippen molar-refractivity contribution < 1.29 is 33.8 Å². The number of fused-ring (bicyclic) bond motifs is 1. The summed E-state index contributed by atoms with van der Waals surface area (Å²) >= 11 is 0. The number of esters is 1. The lowest BCUT2D eigenvalue weighted by molar-refractivity contribution is -0.148. The molecule has 3 aromatic rings. The van der Waals surface area contributed by atoms with Gasteiger partial charge < -0.3 is 19.9 Å². The second-order valence-electron chi connectivity index (χ2n) is 7.74. The number of aliphatic carboxylic acids is 1. The van der Waals surface area contributed by atoms with Crippen LogP contribution in [0.4, 0.5) is 4.79 Å². The predicted octanol–water partition coefficient (Wildman–Crippen LogP) is 3.57. The van der Waals surface area contributed by atoms with Crippen LogP contribution in [0.3, 0.4) is 0 Å². The van der Waals surface area contributed by atoms with Crippen LogP contribution in [0.25, 0.3) is 10.8 Å². The van der Waals surface area contributed by atoms with Crippen molar-refractivity contribution in [3.63, 3.8) is 0 Å². The summed E-state index contributed by atoms with van der Waals surface area (Å²) in [6.07, 6.45) is -1.66.